The van der Waals surface area contributed by atoms with E-state index in [1.165, 1.54) is 24.3 Å². The monoisotopic (exact) mass is 317 g/mol. The Bertz CT molecular complexity index is 791. The Morgan fingerprint density at radius 1 is 1.14 bits per heavy atom. The molecule has 0 fully saturated rings. The number of nitrogens with zero attached hydrogens (tertiary/aromatic N) is 1. The van der Waals surface area contributed by atoms with E-state index in [0.29, 0.717) is 12.8 Å². The molecule has 0 bridgehead atoms. The molecular formula is C15H13N2O4S. The molecule has 1 atom stereocenters. The summed E-state index contributed by atoms with van der Waals surface area (Å²) >= 11 is 0. The first-order chi connectivity index (χ1) is 10.5. The van der Waals surface area contributed by atoms with Crippen molar-refractivity contribution in [1.82, 2.24) is 4.72 Å². The van der Waals surface area contributed by atoms with Gasteiger partial charge in [0.2, 0.25) is 10.0 Å². The maximum absolute atomic E-state index is 12.3. The maximum Gasteiger partial charge on any atom is 0.269 e. The third-order valence-electron chi connectivity index (χ3n) is 3.66. The van der Waals surface area contributed by atoms with Gasteiger partial charge < -0.3 is 0 Å². The van der Waals surface area contributed by atoms with Crippen molar-refractivity contribution in [3.63, 3.8) is 0 Å². The van der Waals surface area contributed by atoms with Crippen LogP contribution in [0.4, 0.5) is 5.69 Å². The lowest BCUT2D eigenvalue weighted by Gasteiger charge is -2.12. The van der Waals surface area contributed by atoms with Crippen LogP contribution in [0.2, 0.25) is 0 Å². The summed E-state index contributed by atoms with van der Waals surface area (Å²) in [5.74, 6) is 0. The predicted octanol–water partition coefficient (Wildman–Crippen LogP) is 1.84. The minimum atomic E-state index is -3.69. The van der Waals surface area contributed by atoms with Crippen molar-refractivity contribution in [2.24, 2.45) is 0 Å². The Balaban J connectivity index is 1.76. The number of rotatable bonds is 4. The highest BCUT2D eigenvalue weighted by Crippen LogP contribution is 2.23. The van der Waals surface area contributed by atoms with Gasteiger partial charge in [0.1, 0.15) is 0 Å². The van der Waals surface area contributed by atoms with Crippen LogP contribution in [-0.4, -0.2) is 19.4 Å². The Morgan fingerprint density at radius 3 is 2.45 bits per heavy atom. The van der Waals surface area contributed by atoms with Gasteiger partial charge >= 0.3 is 0 Å². The van der Waals surface area contributed by atoms with Gasteiger partial charge in [0.25, 0.3) is 5.69 Å². The Morgan fingerprint density at radius 2 is 1.82 bits per heavy atom. The first-order valence-corrected chi connectivity index (χ1v) is 8.19. The average Bonchev–Trinajstić information content (AvgIpc) is 2.88. The van der Waals surface area contributed by atoms with Crippen LogP contribution < -0.4 is 4.72 Å². The Hall–Kier alpha value is -2.25. The standard InChI is InChI=1S/C15H13N2O4S/c18-17(19)14-5-7-15(8-6-14)22(20,21)16-13-9-11-3-1-2-4-12(11)10-13/h1,3-8,13,16H,9-10H2. The van der Waals surface area contributed by atoms with Crippen LogP contribution in [0, 0.1) is 16.2 Å². The first kappa shape index (κ1) is 14.7. The molecule has 1 radical (unpaired) electrons. The van der Waals surface area contributed by atoms with E-state index in [1.54, 1.807) is 0 Å². The molecule has 1 unspecified atom stereocenters. The second-order valence-electron chi connectivity index (χ2n) is 5.17. The molecule has 1 aliphatic carbocycles. The van der Waals surface area contributed by atoms with Crippen LogP contribution >= 0.6 is 0 Å². The van der Waals surface area contributed by atoms with Gasteiger partial charge in [0.05, 0.1) is 9.82 Å². The lowest BCUT2D eigenvalue weighted by Crippen LogP contribution is -2.35. The van der Waals surface area contributed by atoms with Crippen LogP contribution in [0.3, 0.4) is 0 Å². The number of nitrogens with one attached hydrogen (secondary N) is 1. The number of non-ortho nitro benzene ring substituents is 1. The van der Waals surface area contributed by atoms with Crippen molar-refractivity contribution < 1.29 is 13.3 Å². The largest absolute Gasteiger partial charge is 0.269 e. The summed E-state index contributed by atoms with van der Waals surface area (Å²) in [5, 5.41) is 10.6. The van der Waals surface area contributed by atoms with Crippen LogP contribution in [0.15, 0.2) is 47.4 Å². The zero-order chi connectivity index (χ0) is 15.7. The lowest BCUT2D eigenvalue weighted by molar-refractivity contribution is -0.384. The summed E-state index contributed by atoms with van der Waals surface area (Å²) in [6.07, 6.45) is 1.26. The van der Waals surface area contributed by atoms with Gasteiger partial charge in [-0.3, -0.25) is 10.1 Å². The van der Waals surface area contributed by atoms with E-state index in [1.807, 2.05) is 18.2 Å². The summed E-state index contributed by atoms with van der Waals surface area (Å²) < 4.78 is 27.3. The van der Waals surface area contributed by atoms with Crippen LogP contribution in [0.1, 0.15) is 11.1 Å². The second-order valence-corrected chi connectivity index (χ2v) is 6.89. The minimum absolute atomic E-state index is 0.0284. The maximum atomic E-state index is 12.3. The molecular weight excluding hydrogens is 304 g/mol. The average molecular weight is 317 g/mol. The summed E-state index contributed by atoms with van der Waals surface area (Å²) in [6.45, 7) is 0. The van der Waals surface area contributed by atoms with Crippen molar-refractivity contribution in [2.45, 2.75) is 23.8 Å². The van der Waals surface area contributed by atoms with E-state index in [2.05, 4.69) is 10.8 Å². The Kier molecular flexibility index (Phi) is 3.67. The van der Waals surface area contributed by atoms with Gasteiger partial charge in [-0.1, -0.05) is 18.2 Å². The third-order valence-corrected chi connectivity index (χ3v) is 5.20. The van der Waals surface area contributed by atoms with E-state index in [-0.39, 0.29) is 16.6 Å². The van der Waals surface area contributed by atoms with Gasteiger partial charge in [-0.05, 0) is 42.2 Å². The number of hydrogen-bond donors (Lipinski definition) is 1. The number of fused-ring (bicyclic) bond motifs is 1. The first-order valence-electron chi connectivity index (χ1n) is 6.70. The number of nitro benzene ring substituents is 1. The summed E-state index contributed by atoms with van der Waals surface area (Å²) in [7, 11) is -3.69. The topological polar surface area (TPSA) is 89.3 Å². The molecule has 6 nitrogen and oxygen atoms in total. The van der Waals surface area contributed by atoms with Gasteiger partial charge in [-0.2, -0.15) is 0 Å². The number of hydrogen-bond acceptors (Lipinski definition) is 4. The highest BCUT2D eigenvalue weighted by atomic mass is 32.2. The molecule has 0 amide bonds. The highest BCUT2D eigenvalue weighted by molar-refractivity contribution is 7.89. The molecule has 0 heterocycles. The van der Waals surface area contributed by atoms with E-state index < -0.39 is 14.9 Å². The van der Waals surface area contributed by atoms with Crippen molar-refractivity contribution in [3.05, 3.63) is 69.8 Å². The lowest BCUT2D eigenvalue weighted by atomic mass is 10.1. The molecule has 0 saturated carbocycles. The van der Waals surface area contributed by atoms with Crippen LogP contribution in [-0.2, 0) is 22.9 Å². The number of benzene rings is 2. The van der Waals surface area contributed by atoms with Crippen LogP contribution in [0.5, 0.6) is 0 Å². The smallest absolute Gasteiger partial charge is 0.258 e. The van der Waals surface area contributed by atoms with Crippen molar-refractivity contribution in [3.8, 4) is 0 Å². The molecule has 3 rings (SSSR count). The van der Waals surface area contributed by atoms with Gasteiger partial charge in [-0.15, -0.1) is 0 Å². The summed E-state index contributed by atoms with van der Waals surface area (Å²) in [5.41, 5.74) is 2.08. The quantitative estimate of drug-likeness (QED) is 0.688. The SMILES string of the molecule is O=[N+]([O-])c1ccc(S(=O)(=O)NC2Cc3c[c]ccc3C2)cc1. The van der Waals surface area contributed by atoms with E-state index in [4.69, 9.17) is 0 Å². The van der Waals surface area contributed by atoms with E-state index in [0.717, 1.165) is 11.1 Å². The fourth-order valence-electron chi connectivity index (χ4n) is 2.61. The zero-order valence-electron chi connectivity index (χ0n) is 11.5. The van der Waals surface area contributed by atoms with Crippen LogP contribution in [0.25, 0.3) is 0 Å². The molecule has 0 saturated heterocycles. The van der Waals surface area contributed by atoms with Gasteiger partial charge in [-0.25, -0.2) is 13.1 Å². The number of nitro groups is 1. The van der Waals surface area contributed by atoms with Crippen molar-refractivity contribution in [1.29, 1.82) is 0 Å². The third kappa shape index (κ3) is 2.86. The molecule has 1 N–H and O–H groups in total. The number of sulfonamides is 1. The molecule has 113 valence electrons. The highest BCUT2D eigenvalue weighted by Gasteiger charge is 2.26. The fourth-order valence-corrected chi connectivity index (χ4v) is 3.84. The van der Waals surface area contributed by atoms with Gasteiger partial charge in [0, 0.05) is 18.2 Å². The molecule has 22 heavy (non-hydrogen) atoms. The predicted molar refractivity (Wildman–Crippen MR) is 79.9 cm³/mol. The summed E-state index contributed by atoms with van der Waals surface area (Å²) in [6, 6.07) is 13.3. The second kappa shape index (κ2) is 5.51. The summed E-state index contributed by atoms with van der Waals surface area (Å²) in [4.78, 5) is 10.1. The molecule has 0 spiro atoms. The van der Waals surface area contributed by atoms with E-state index >= 15 is 0 Å². The van der Waals surface area contributed by atoms with Gasteiger partial charge in [0.15, 0.2) is 0 Å². The normalized spacial score (nSPS) is 14.7. The molecule has 7 heteroatoms. The van der Waals surface area contributed by atoms with Crippen molar-refractivity contribution in [2.75, 3.05) is 0 Å². The molecule has 2 aromatic rings. The fraction of sp³-hybridized carbons (Fsp3) is 0.200. The molecule has 0 aromatic heterocycles. The van der Waals surface area contributed by atoms with E-state index in [9.17, 15) is 18.5 Å². The zero-order valence-corrected chi connectivity index (χ0v) is 12.3. The molecule has 2 aromatic carbocycles. The van der Waals surface area contributed by atoms with Crippen molar-refractivity contribution >= 4 is 15.7 Å². The molecule has 1 aliphatic rings. The minimum Gasteiger partial charge on any atom is -0.258 e. The Labute approximate surface area is 128 Å². The molecule has 0 aliphatic heterocycles.